The summed E-state index contributed by atoms with van der Waals surface area (Å²) in [6.07, 6.45) is 1.19. The van der Waals surface area contributed by atoms with Crippen LogP contribution < -0.4 is 5.32 Å². The molecule has 0 radical (unpaired) electrons. The number of rotatable bonds is 2. The van der Waals surface area contributed by atoms with Gasteiger partial charge in [0.1, 0.15) is 0 Å². The molecule has 1 heterocycles. The second-order valence-electron chi connectivity index (χ2n) is 1.61. The maximum atomic E-state index is 10.8. The predicted molar refractivity (Wildman–Crippen MR) is 32.3 cm³/mol. The lowest BCUT2D eigenvalue weighted by molar-refractivity contribution is 0.0912. The van der Waals surface area contributed by atoms with E-state index < -0.39 is 0 Å². The third kappa shape index (κ3) is 1.31. The smallest absolute Gasteiger partial charge is 0.315 e. The highest BCUT2D eigenvalue weighted by atomic mass is 16.5. The fourth-order valence-electron chi connectivity index (χ4n) is 0.509. The molecule has 5 heteroatoms. The molecular weight excluding hydrogens is 134 g/mol. The highest BCUT2D eigenvalue weighted by molar-refractivity contribution is 5.89. The Hall–Kier alpha value is -1.39. The van der Waals surface area contributed by atoms with Gasteiger partial charge in [-0.15, -0.1) is 0 Å². The van der Waals surface area contributed by atoms with Crippen molar-refractivity contribution in [2.75, 3.05) is 6.54 Å². The topological polar surface area (TPSA) is 68.0 Å². The van der Waals surface area contributed by atoms with E-state index in [-0.39, 0.29) is 11.8 Å². The molecule has 1 rings (SSSR count). The van der Waals surface area contributed by atoms with E-state index in [0.717, 1.165) is 0 Å². The Bertz CT molecular complexity index is 207. The van der Waals surface area contributed by atoms with Crippen molar-refractivity contribution in [1.82, 2.24) is 15.5 Å². The van der Waals surface area contributed by atoms with Gasteiger partial charge in [-0.3, -0.25) is 4.79 Å². The Labute approximate surface area is 57.4 Å². The maximum Gasteiger partial charge on any atom is 0.315 e. The van der Waals surface area contributed by atoms with E-state index in [1.165, 1.54) is 6.33 Å². The van der Waals surface area contributed by atoms with Crippen molar-refractivity contribution in [2.45, 2.75) is 6.92 Å². The van der Waals surface area contributed by atoms with E-state index in [1.807, 2.05) is 6.92 Å². The zero-order chi connectivity index (χ0) is 7.40. The first-order chi connectivity index (χ1) is 4.84. The number of carbonyl (C=O) groups is 1. The van der Waals surface area contributed by atoms with E-state index in [2.05, 4.69) is 20.0 Å². The first-order valence-corrected chi connectivity index (χ1v) is 2.89. The molecule has 0 spiro atoms. The van der Waals surface area contributed by atoms with Crippen molar-refractivity contribution in [3.63, 3.8) is 0 Å². The van der Waals surface area contributed by atoms with Gasteiger partial charge in [0, 0.05) is 6.54 Å². The first-order valence-electron chi connectivity index (χ1n) is 2.89. The van der Waals surface area contributed by atoms with Gasteiger partial charge in [0.15, 0.2) is 6.33 Å². The van der Waals surface area contributed by atoms with Crippen LogP contribution in [0.15, 0.2) is 10.9 Å². The van der Waals surface area contributed by atoms with E-state index in [0.29, 0.717) is 6.54 Å². The van der Waals surface area contributed by atoms with Crippen molar-refractivity contribution < 1.29 is 9.32 Å². The minimum atomic E-state index is -0.333. The molecule has 1 aromatic rings. The zero-order valence-corrected chi connectivity index (χ0v) is 5.50. The van der Waals surface area contributed by atoms with Crippen molar-refractivity contribution >= 4 is 5.91 Å². The van der Waals surface area contributed by atoms with Gasteiger partial charge < -0.3 is 9.84 Å². The van der Waals surface area contributed by atoms with Crippen molar-refractivity contribution in [3.8, 4) is 0 Å². The SMILES string of the molecule is CCNC(=O)c1ncno1. The quantitative estimate of drug-likeness (QED) is 0.620. The summed E-state index contributed by atoms with van der Waals surface area (Å²) < 4.78 is 4.47. The molecule has 1 aromatic heterocycles. The van der Waals surface area contributed by atoms with Crippen LogP contribution in [0.1, 0.15) is 17.6 Å². The van der Waals surface area contributed by atoms with Crippen LogP contribution in [0.4, 0.5) is 0 Å². The van der Waals surface area contributed by atoms with Crippen LogP contribution in [0, 0.1) is 0 Å². The van der Waals surface area contributed by atoms with Crippen LogP contribution in [0.2, 0.25) is 0 Å². The van der Waals surface area contributed by atoms with Crippen LogP contribution in [0.3, 0.4) is 0 Å². The van der Waals surface area contributed by atoms with Gasteiger partial charge in [0.25, 0.3) is 0 Å². The second-order valence-corrected chi connectivity index (χ2v) is 1.61. The lowest BCUT2D eigenvalue weighted by Crippen LogP contribution is -2.22. The van der Waals surface area contributed by atoms with Crippen molar-refractivity contribution in [3.05, 3.63) is 12.2 Å². The third-order valence-corrected chi connectivity index (χ3v) is 0.893. The first kappa shape index (κ1) is 6.73. The Morgan fingerprint density at radius 1 is 1.90 bits per heavy atom. The number of hydrogen-bond acceptors (Lipinski definition) is 4. The van der Waals surface area contributed by atoms with Gasteiger partial charge in [-0.25, -0.2) is 0 Å². The summed E-state index contributed by atoms with van der Waals surface area (Å²) in [5, 5.41) is 5.79. The van der Waals surface area contributed by atoms with Gasteiger partial charge in [-0.1, -0.05) is 5.16 Å². The van der Waals surface area contributed by atoms with Gasteiger partial charge in [0.05, 0.1) is 0 Å². The molecule has 10 heavy (non-hydrogen) atoms. The van der Waals surface area contributed by atoms with Crippen LogP contribution >= 0.6 is 0 Å². The average molecular weight is 141 g/mol. The van der Waals surface area contributed by atoms with Crippen LogP contribution in [0.25, 0.3) is 0 Å². The summed E-state index contributed by atoms with van der Waals surface area (Å²) in [5.41, 5.74) is 0. The standard InChI is InChI=1S/C5H7N3O2/c1-2-6-4(9)5-7-3-8-10-5/h3H,2H2,1H3,(H,6,9). The molecule has 0 saturated carbocycles. The Morgan fingerprint density at radius 3 is 3.20 bits per heavy atom. The molecule has 0 aliphatic rings. The van der Waals surface area contributed by atoms with E-state index in [4.69, 9.17) is 0 Å². The predicted octanol–water partition coefficient (Wildman–Crippen LogP) is -0.181. The summed E-state index contributed by atoms with van der Waals surface area (Å²) in [6.45, 7) is 2.37. The number of nitrogens with zero attached hydrogens (tertiary/aromatic N) is 2. The lowest BCUT2D eigenvalue weighted by atomic mass is 10.6. The highest BCUT2D eigenvalue weighted by Crippen LogP contribution is 1.88. The molecular formula is C5H7N3O2. The number of hydrogen-bond donors (Lipinski definition) is 1. The number of aromatic nitrogens is 2. The normalized spacial score (nSPS) is 9.30. The number of carbonyl (C=O) groups excluding carboxylic acids is 1. The van der Waals surface area contributed by atoms with E-state index in [9.17, 15) is 4.79 Å². The summed E-state index contributed by atoms with van der Waals surface area (Å²) in [6, 6.07) is 0. The fourth-order valence-corrected chi connectivity index (χ4v) is 0.509. The van der Waals surface area contributed by atoms with E-state index >= 15 is 0 Å². The minimum Gasteiger partial charge on any atom is -0.348 e. The van der Waals surface area contributed by atoms with Crippen LogP contribution in [0.5, 0.6) is 0 Å². The molecule has 5 nitrogen and oxygen atoms in total. The fraction of sp³-hybridized carbons (Fsp3) is 0.400. The summed E-state index contributed by atoms with van der Waals surface area (Å²) >= 11 is 0. The number of amides is 1. The molecule has 0 bridgehead atoms. The third-order valence-electron chi connectivity index (χ3n) is 0.893. The molecule has 0 fully saturated rings. The monoisotopic (exact) mass is 141 g/mol. The maximum absolute atomic E-state index is 10.8. The molecule has 1 N–H and O–H groups in total. The van der Waals surface area contributed by atoms with Crippen molar-refractivity contribution in [1.29, 1.82) is 0 Å². The second kappa shape index (κ2) is 2.95. The van der Waals surface area contributed by atoms with Crippen molar-refractivity contribution in [2.24, 2.45) is 0 Å². The molecule has 0 aliphatic heterocycles. The van der Waals surface area contributed by atoms with Crippen LogP contribution in [-0.4, -0.2) is 22.6 Å². The molecule has 54 valence electrons. The molecule has 0 aliphatic carbocycles. The average Bonchev–Trinajstić information content (AvgIpc) is 2.38. The van der Waals surface area contributed by atoms with Gasteiger partial charge >= 0.3 is 11.8 Å². The molecule has 0 saturated heterocycles. The summed E-state index contributed by atoms with van der Waals surface area (Å²) in [4.78, 5) is 14.3. The Kier molecular flexibility index (Phi) is 1.99. The number of nitrogens with one attached hydrogen (secondary N) is 1. The minimum absolute atomic E-state index is 0.00171. The Morgan fingerprint density at radius 2 is 2.70 bits per heavy atom. The highest BCUT2D eigenvalue weighted by Gasteiger charge is 2.08. The zero-order valence-electron chi connectivity index (χ0n) is 5.50. The Balaban J connectivity index is 2.59. The van der Waals surface area contributed by atoms with Crippen LogP contribution in [-0.2, 0) is 0 Å². The lowest BCUT2D eigenvalue weighted by Gasteiger charge is -1.92. The summed E-state index contributed by atoms with van der Waals surface area (Å²) in [5.74, 6) is -0.332. The molecule has 0 aromatic carbocycles. The van der Waals surface area contributed by atoms with Gasteiger partial charge in [-0.2, -0.15) is 4.98 Å². The van der Waals surface area contributed by atoms with E-state index in [1.54, 1.807) is 0 Å². The molecule has 0 atom stereocenters. The molecule has 0 unspecified atom stereocenters. The molecule has 1 amide bonds. The van der Waals surface area contributed by atoms with Gasteiger partial charge in [0.2, 0.25) is 0 Å². The largest absolute Gasteiger partial charge is 0.348 e. The van der Waals surface area contributed by atoms with Gasteiger partial charge in [-0.05, 0) is 6.92 Å². The summed E-state index contributed by atoms with van der Waals surface area (Å²) in [7, 11) is 0.